The van der Waals surface area contributed by atoms with E-state index in [1.165, 1.54) is 0 Å². The second-order valence-electron chi connectivity index (χ2n) is 2.84. The van der Waals surface area contributed by atoms with Crippen molar-refractivity contribution in [3.05, 3.63) is 11.5 Å². The minimum absolute atomic E-state index is 0.458. The standard InChI is InChI=1S/C6H12N2O4.2HI.Pt/c7-3-4(8)6(11)12-2(1-9)5(3)10;;;/h2-11H,1H2;2*1H;/q-2;;;+4/p-2/t2-,3-,4-,5-,6?;;;/m1.../s1. The maximum Gasteiger partial charge on any atom is 0.137 e. The molecule has 5 atom stereocenters. The molecule has 1 heterocycles. The van der Waals surface area contributed by atoms with Gasteiger partial charge in [0.25, 0.3) is 0 Å². The summed E-state index contributed by atoms with van der Waals surface area (Å²) < 4.78 is 4.68. The molecule has 0 spiro atoms. The molecule has 15 heavy (non-hydrogen) atoms. The van der Waals surface area contributed by atoms with E-state index < -0.39 is 37.2 Å². The molecular formula is C6H12I2N2O4Pt. The number of nitrogens with one attached hydrogen (secondary N) is 2. The molecule has 9 heteroatoms. The van der Waals surface area contributed by atoms with Crippen LogP contribution in [0.2, 0.25) is 0 Å². The third-order valence-corrected chi connectivity index (χ3v) is 1.94. The summed E-state index contributed by atoms with van der Waals surface area (Å²) in [5.41, 5.74) is 14.4. The summed E-state index contributed by atoms with van der Waals surface area (Å²) in [5, 5.41) is 26.9. The summed E-state index contributed by atoms with van der Waals surface area (Å²) in [6.45, 7) is -0.458. The predicted octanol–water partition coefficient (Wildman–Crippen LogP) is 0.667. The van der Waals surface area contributed by atoms with E-state index in [-0.39, 0.29) is 0 Å². The van der Waals surface area contributed by atoms with Crippen molar-refractivity contribution in [2.45, 2.75) is 30.6 Å². The van der Waals surface area contributed by atoms with Gasteiger partial charge in [-0.3, -0.25) is 0 Å². The van der Waals surface area contributed by atoms with Crippen LogP contribution in [0.4, 0.5) is 0 Å². The maximum atomic E-state index is 9.22. The SMILES string of the molecule is [I][Pt+2][I].[NH-][C@H]1[C@H](O)[C@@H](CO)OC(O)[C@@H]1[NH-]. The van der Waals surface area contributed by atoms with E-state index in [4.69, 9.17) is 21.7 Å². The van der Waals surface area contributed by atoms with Gasteiger partial charge in [0.05, 0.1) is 12.7 Å². The van der Waals surface area contributed by atoms with Gasteiger partial charge in [0.1, 0.15) is 12.4 Å². The molecule has 0 saturated carbocycles. The zero-order valence-electron chi connectivity index (χ0n) is 7.42. The zero-order chi connectivity index (χ0) is 12.0. The van der Waals surface area contributed by atoms with Crippen LogP contribution in [0.5, 0.6) is 0 Å². The largest absolute Gasteiger partial charge is 0.674 e. The Balaban J connectivity index is 0.000000583. The zero-order valence-corrected chi connectivity index (χ0v) is 14.0. The third kappa shape index (κ3) is 5.38. The van der Waals surface area contributed by atoms with E-state index in [0.29, 0.717) is 11.2 Å². The van der Waals surface area contributed by atoms with Gasteiger partial charge in [0, 0.05) is 0 Å². The number of rotatable bonds is 1. The first-order valence-corrected chi connectivity index (χ1v) is 16.7. The molecular weight excluding hydrogens is 613 g/mol. The Bertz CT molecular complexity index is 176. The molecule has 0 bridgehead atoms. The van der Waals surface area contributed by atoms with Crippen LogP contribution in [-0.4, -0.2) is 52.5 Å². The summed E-state index contributed by atoms with van der Waals surface area (Å²) in [5.74, 6) is 0. The Hall–Kier alpha value is 1.91. The van der Waals surface area contributed by atoms with Crippen LogP contribution in [0, 0.1) is 0 Å². The average Bonchev–Trinajstić information content (AvgIpc) is 2.21. The minimum atomic E-state index is -1.40. The fourth-order valence-corrected chi connectivity index (χ4v) is 1.12. The van der Waals surface area contributed by atoms with Gasteiger partial charge < -0.3 is 31.5 Å². The summed E-state index contributed by atoms with van der Waals surface area (Å²) in [4.78, 5) is 0. The number of hydrogen-bond acceptors (Lipinski definition) is 4. The molecule has 1 saturated heterocycles. The van der Waals surface area contributed by atoms with Crippen LogP contribution in [-0.2, 0) is 15.9 Å². The number of halogens is 2. The Kier molecular flexibility index (Phi) is 10.1. The average molecular weight is 625 g/mol. The van der Waals surface area contributed by atoms with E-state index in [1.54, 1.807) is 0 Å². The molecule has 1 aliphatic heterocycles. The molecule has 0 aromatic rings. The number of aliphatic hydroxyl groups is 3. The van der Waals surface area contributed by atoms with Crippen molar-refractivity contribution in [1.29, 1.82) is 0 Å². The van der Waals surface area contributed by atoms with Gasteiger partial charge in [-0.25, -0.2) is 0 Å². The second kappa shape index (κ2) is 8.92. The fraction of sp³-hybridized carbons (Fsp3) is 1.00. The number of ether oxygens (including phenoxy) is 1. The van der Waals surface area contributed by atoms with Gasteiger partial charge in [-0.05, 0) is 0 Å². The van der Waals surface area contributed by atoms with Crippen LogP contribution >= 0.6 is 38.7 Å². The van der Waals surface area contributed by atoms with E-state index in [9.17, 15) is 5.11 Å². The number of hydrogen-bond donors (Lipinski definition) is 3. The van der Waals surface area contributed by atoms with Crippen molar-refractivity contribution < 1.29 is 31.3 Å². The Labute approximate surface area is 117 Å². The Morgan fingerprint density at radius 2 is 1.67 bits per heavy atom. The van der Waals surface area contributed by atoms with Gasteiger partial charge in [-0.1, -0.05) is 0 Å². The van der Waals surface area contributed by atoms with Crippen LogP contribution in [0.15, 0.2) is 0 Å². The predicted molar refractivity (Wildman–Crippen MR) is 68.2 cm³/mol. The molecule has 0 aromatic heterocycles. The first-order valence-electron chi connectivity index (χ1n) is 3.86. The van der Waals surface area contributed by atoms with E-state index in [2.05, 4.69) is 43.4 Å². The minimum Gasteiger partial charge on any atom is -0.674 e. The molecule has 1 rings (SSSR count). The number of aliphatic hydroxyl groups excluding tert-OH is 3. The van der Waals surface area contributed by atoms with Crippen molar-refractivity contribution in [3.63, 3.8) is 0 Å². The molecule has 0 radical (unpaired) electrons. The maximum absolute atomic E-state index is 9.22. The molecule has 94 valence electrons. The molecule has 0 aliphatic carbocycles. The Morgan fingerprint density at radius 1 is 1.20 bits per heavy atom. The summed E-state index contributed by atoms with van der Waals surface area (Å²) in [6, 6.07) is -2.31. The molecule has 0 amide bonds. The molecule has 5 N–H and O–H groups in total. The molecule has 1 unspecified atom stereocenters. The van der Waals surface area contributed by atoms with Gasteiger partial charge in [-0.15, -0.1) is 12.1 Å². The van der Waals surface area contributed by atoms with Gasteiger partial charge in [-0.2, -0.15) is 0 Å². The van der Waals surface area contributed by atoms with Crippen LogP contribution < -0.4 is 0 Å². The summed E-state index contributed by atoms with van der Waals surface area (Å²) >= 11 is 5.30. The van der Waals surface area contributed by atoms with E-state index in [1.807, 2.05) is 0 Å². The normalized spacial score (nSPS) is 40.9. The van der Waals surface area contributed by atoms with Crippen molar-refractivity contribution in [3.8, 4) is 0 Å². The fourth-order valence-electron chi connectivity index (χ4n) is 1.12. The van der Waals surface area contributed by atoms with Gasteiger partial charge >= 0.3 is 49.9 Å². The first-order chi connectivity index (χ1) is 6.99. The van der Waals surface area contributed by atoms with Crippen molar-refractivity contribution in [2.24, 2.45) is 0 Å². The molecule has 6 nitrogen and oxygen atoms in total. The Morgan fingerprint density at radius 3 is 2.07 bits per heavy atom. The van der Waals surface area contributed by atoms with Crippen LogP contribution in [0.25, 0.3) is 11.5 Å². The van der Waals surface area contributed by atoms with Gasteiger partial charge in [0.2, 0.25) is 0 Å². The van der Waals surface area contributed by atoms with Crippen molar-refractivity contribution in [1.82, 2.24) is 0 Å². The smallest absolute Gasteiger partial charge is 0.137 e. The van der Waals surface area contributed by atoms with Crippen molar-refractivity contribution in [2.75, 3.05) is 6.61 Å². The second-order valence-corrected chi connectivity index (χ2v) is 19.4. The van der Waals surface area contributed by atoms with Crippen LogP contribution in [0.3, 0.4) is 0 Å². The molecule has 1 aliphatic rings. The third-order valence-electron chi connectivity index (χ3n) is 1.94. The van der Waals surface area contributed by atoms with E-state index in [0.717, 1.165) is 0 Å². The molecule has 0 aromatic carbocycles. The summed E-state index contributed by atoms with van der Waals surface area (Å²) in [7, 11) is 0. The summed E-state index contributed by atoms with van der Waals surface area (Å²) in [6.07, 6.45) is -3.56. The van der Waals surface area contributed by atoms with E-state index >= 15 is 0 Å². The molecule has 1 fully saturated rings. The quantitative estimate of drug-likeness (QED) is 0.372. The van der Waals surface area contributed by atoms with Gasteiger partial charge in [0.15, 0.2) is 0 Å². The van der Waals surface area contributed by atoms with Crippen LogP contribution in [0.1, 0.15) is 0 Å². The topological polar surface area (TPSA) is 118 Å². The first kappa shape index (κ1) is 16.9. The monoisotopic (exact) mass is 625 g/mol. The van der Waals surface area contributed by atoms with Crippen molar-refractivity contribution >= 4 is 38.7 Å².